The molecule has 0 saturated carbocycles. The molecule has 0 bridgehead atoms. The van der Waals surface area contributed by atoms with Gasteiger partial charge < -0.3 is 14.8 Å². The van der Waals surface area contributed by atoms with Gasteiger partial charge in [0.25, 0.3) is 5.89 Å². The van der Waals surface area contributed by atoms with Crippen molar-refractivity contribution in [1.29, 1.82) is 5.26 Å². The van der Waals surface area contributed by atoms with Crippen LogP contribution in [0.15, 0.2) is 16.8 Å². The van der Waals surface area contributed by atoms with Gasteiger partial charge in [-0.3, -0.25) is 0 Å². The van der Waals surface area contributed by atoms with Gasteiger partial charge in [-0.2, -0.15) is 10.2 Å². The zero-order valence-corrected chi connectivity index (χ0v) is 11.0. The van der Waals surface area contributed by atoms with Crippen LogP contribution < -0.4 is 5.32 Å². The fourth-order valence-corrected chi connectivity index (χ4v) is 2.16. The van der Waals surface area contributed by atoms with Gasteiger partial charge in [-0.05, 0) is 25.5 Å². The second kappa shape index (κ2) is 5.87. The largest absolute Gasteiger partial charge is 0.356 e. The lowest BCUT2D eigenvalue weighted by Gasteiger charge is -2.19. The summed E-state index contributed by atoms with van der Waals surface area (Å²) in [5.74, 6) is 1.50. The lowest BCUT2D eigenvalue weighted by atomic mass is 9.99. The summed E-state index contributed by atoms with van der Waals surface area (Å²) in [7, 11) is 0. The van der Waals surface area contributed by atoms with Crippen LogP contribution in [-0.2, 0) is 0 Å². The predicted octanol–water partition coefficient (Wildman–Crippen LogP) is 1.83. The van der Waals surface area contributed by atoms with Gasteiger partial charge in [0.15, 0.2) is 5.82 Å². The highest BCUT2D eigenvalue weighted by Crippen LogP contribution is 2.23. The summed E-state index contributed by atoms with van der Waals surface area (Å²) in [5, 5.41) is 16.1. The minimum absolute atomic E-state index is 0. The molecule has 2 N–H and O–H groups in total. The van der Waals surface area contributed by atoms with E-state index in [-0.39, 0.29) is 12.4 Å². The van der Waals surface area contributed by atoms with E-state index >= 15 is 0 Å². The molecule has 0 spiro atoms. The van der Waals surface area contributed by atoms with Crippen LogP contribution in [0.4, 0.5) is 0 Å². The van der Waals surface area contributed by atoms with Crippen molar-refractivity contribution in [1.82, 2.24) is 20.4 Å². The van der Waals surface area contributed by atoms with E-state index in [2.05, 4.69) is 26.5 Å². The fourth-order valence-electron chi connectivity index (χ4n) is 2.16. The molecule has 1 atom stereocenters. The molecule has 0 aromatic carbocycles. The molecular weight excluding hydrogens is 266 g/mol. The van der Waals surface area contributed by atoms with E-state index in [1.807, 2.05) is 0 Å². The van der Waals surface area contributed by atoms with Gasteiger partial charge >= 0.3 is 0 Å². The third-order valence-electron chi connectivity index (χ3n) is 3.15. The van der Waals surface area contributed by atoms with Crippen LogP contribution in [-0.4, -0.2) is 28.2 Å². The van der Waals surface area contributed by atoms with Gasteiger partial charge in [-0.25, -0.2) is 0 Å². The smallest absolute Gasteiger partial charge is 0.274 e. The molecule has 2 aromatic rings. The van der Waals surface area contributed by atoms with Crippen molar-refractivity contribution < 1.29 is 4.52 Å². The van der Waals surface area contributed by atoms with E-state index < -0.39 is 0 Å². The number of aromatic amines is 1. The minimum Gasteiger partial charge on any atom is -0.356 e. The Morgan fingerprint density at radius 2 is 2.37 bits per heavy atom. The Bertz CT molecular complexity index is 579. The normalized spacial score (nSPS) is 18.6. The quantitative estimate of drug-likeness (QED) is 0.875. The van der Waals surface area contributed by atoms with Crippen molar-refractivity contribution in [3.63, 3.8) is 0 Å². The minimum atomic E-state index is 0. The molecule has 6 nitrogen and oxygen atoms in total. The monoisotopic (exact) mass is 279 g/mol. The molecule has 100 valence electrons. The summed E-state index contributed by atoms with van der Waals surface area (Å²) in [6, 6.07) is 3.76. The Kier molecular flexibility index (Phi) is 4.20. The van der Waals surface area contributed by atoms with Crippen LogP contribution in [0.1, 0.15) is 30.1 Å². The number of nitrogens with one attached hydrogen (secondary N) is 2. The van der Waals surface area contributed by atoms with E-state index in [1.165, 1.54) is 0 Å². The summed E-state index contributed by atoms with van der Waals surface area (Å²) in [4.78, 5) is 7.35. The second-order valence-corrected chi connectivity index (χ2v) is 4.41. The number of hydrogen-bond donors (Lipinski definition) is 2. The number of halogens is 1. The van der Waals surface area contributed by atoms with Gasteiger partial charge in [-0.1, -0.05) is 5.16 Å². The topological polar surface area (TPSA) is 90.5 Å². The van der Waals surface area contributed by atoms with Gasteiger partial charge in [0.05, 0.1) is 5.56 Å². The summed E-state index contributed by atoms with van der Waals surface area (Å²) >= 11 is 0. The average molecular weight is 280 g/mol. The van der Waals surface area contributed by atoms with Crippen LogP contribution in [0.25, 0.3) is 11.6 Å². The van der Waals surface area contributed by atoms with Crippen molar-refractivity contribution in [3.05, 3.63) is 23.7 Å². The van der Waals surface area contributed by atoms with Crippen LogP contribution >= 0.6 is 12.4 Å². The molecule has 0 amide bonds. The number of nitriles is 1. The number of rotatable bonds is 2. The van der Waals surface area contributed by atoms with Crippen LogP contribution in [0.2, 0.25) is 0 Å². The first-order valence-electron chi connectivity index (χ1n) is 6.00. The Morgan fingerprint density at radius 1 is 1.47 bits per heavy atom. The third-order valence-corrected chi connectivity index (χ3v) is 3.15. The third kappa shape index (κ3) is 2.78. The molecule has 3 heterocycles. The van der Waals surface area contributed by atoms with E-state index in [0.29, 0.717) is 23.1 Å². The molecule has 3 rings (SSSR count). The summed E-state index contributed by atoms with van der Waals surface area (Å²) in [6.07, 6.45) is 3.84. The van der Waals surface area contributed by atoms with Crippen molar-refractivity contribution in [3.8, 4) is 17.7 Å². The van der Waals surface area contributed by atoms with Crippen molar-refractivity contribution in [2.24, 2.45) is 0 Å². The molecular formula is C12H14ClN5O. The molecule has 1 saturated heterocycles. The Labute approximate surface area is 116 Å². The van der Waals surface area contributed by atoms with Gasteiger partial charge in [-0.15, -0.1) is 12.4 Å². The molecule has 1 unspecified atom stereocenters. The Morgan fingerprint density at radius 3 is 3.05 bits per heavy atom. The number of nitrogens with zero attached hydrogens (tertiary/aromatic N) is 3. The van der Waals surface area contributed by atoms with Crippen LogP contribution in [0.5, 0.6) is 0 Å². The average Bonchev–Trinajstić information content (AvgIpc) is 3.08. The SMILES string of the molecule is Cl.N#Cc1c[nH]c(-c2nc(C3CCCNC3)no2)c1. The zero-order valence-electron chi connectivity index (χ0n) is 10.2. The Hall–Kier alpha value is -1.84. The van der Waals surface area contributed by atoms with Crippen molar-refractivity contribution >= 4 is 12.4 Å². The first kappa shape index (κ1) is 13.6. The maximum atomic E-state index is 8.76. The van der Waals surface area contributed by atoms with E-state index in [1.54, 1.807) is 12.3 Å². The van der Waals surface area contributed by atoms with Crippen LogP contribution in [0.3, 0.4) is 0 Å². The molecule has 19 heavy (non-hydrogen) atoms. The highest BCUT2D eigenvalue weighted by Gasteiger charge is 2.21. The molecule has 1 aliphatic rings. The predicted molar refractivity (Wildman–Crippen MR) is 70.9 cm³/mol. The maximum absolute atomic E-state index is 8.76. The number of H-pyrrole nitrogens is 1. The summed E-state index contributed by atoms with van der Waals surface area (Å²) in [6.45, 7) is 1.95. The first-order valence-corrected chi connectivity index (χ1v) is 6.00. The molecule has 0 radical (unpaired) electrons. The lowest BCUT2D eigenvalue weighted by molar-refractivity contribution is 0.392. The summed E-state index contributed by atoms with van der Waals surface area (Å²) in [5.41, 5.74) is 1.25. The number of piperidine rings is 1. The molecule has 0 aliphatic carbocycles. The number of hydrogen-bond acceptors (Lipinski definition) is 5. The molecule has 1 fully saturated rings. The van der Waals surface area contributed by atoms with Gasteiger partial charge in [0, 0.05) is 18.7 Å². The molecule has 1 aliphatic heterocycles. The number of aromatic nitrogens is 3. The Balaban J connectivity index is 0.00000133. The highest BCUT2D eigenvalue weighted by molar-refractivity contribution is 5.85. The molecule has 2 aromatic heterocycles. The molecule has 7 heteroatoms. The van der Waals surface area contributed by atoms with E-state index in [0.717, 1.165) is 31.8 Å². The summed E-state index contributed by atoms with van der Waals surface area (Å²) < 4.78 is 5.23. The second-order valence-electron chi connectivity index (χ2n) is 4.41. The van der Waals surface area contributed by atoms with E-state index in [9.17, 15) is 0 Å². The van der Waals surface area contributed by atoms with E-state index in [4.69, 9.17) is 9.78 Å². The van der Waals surface area contributed by atoms with Crippen molar-refractivity contribution in [2.75, 3.05) is 13.1 Å². The standard InChI is InChI=1S/C12H13N5O.ClH/c13-5-8-4-10(15-6-8)12-16-11(17-18-12)9-2-1-3-14-7-9;/h4,6,9,14-15H,1-3,7H2;1H. The maximum Gasteiger partial charge on any atom is 0.274 e. The first-order chi connectivity index (χ1) is 8.86. The highest BCUT2D eigenvalue weighted by atomic mass is 35.5. The van der Waals surface area contributed by atoms with Gasteiger partial charge in [0.1, 0.15) is 11.8 Å². The lowest BCUT2D eigenvalue weighted by Crippen LogP contribution is -2.28. The zero-order chi connectivity index (χ0) is 12.4. The fraction of sp³-hybridized carbons (Fsp3) is 0.417. The van der Waals surface area contributed by atoms with Gasteiger partial charge in [0.2, 0.25) is 0 Å². The van der Waals surface area contributed by atoms with Crippen molar-refractivity contribution in [2.45, 2.75) is 18.8 Å². The van der Waals surface area contributed by atoms with Crippen LogP contribution in [0, 0.1) is 11.3 Å².